The van der Waals surface area contributed by atoms with Gasteiger partial charge in [-0.1, -0.05) is 13.8 Å². The van der Waals surface area contributed by atoms with Crippen LogP contribution in [0.15, 0.2) is 0 Å². The zero-order chi connectivity index (χ0) is 8.93. The predicted octanol–water partition coefficient (Wildman–Crippen LogP) is 0.548. The molecule has 0 aromatic rings. The lowest BCUT2D eigenvalue weighted by atomic mass is 9.54. The summed E-state index contributed by atoms with van der Waals surface area (Å²) in [4.78, 5) is 12.5. The molecule has 2 N–H and O–H groups in total. The average Bonchev–Trinajstić information content (AvgIpc) is 2.03. The number of amides is 1. The van der Waals surface area contributed by atoms with Crippen molar-refractivity contribution in [3.8, 4) is 0 Å². The average molecular weight is 168 g/mol. The largest absolute Gasteiger partial charge is 0.326 e. The fraction of sp³-hybridized carbons (Fsp3) is 0.889. The van der Waals surface area contributed by atoms with Crippen LogP contribution in [0.2, 0.25) is 0 Å². The zero-order valence-electron chi connectivity index (χ0n) is 7.66. The molecule has 3 rings (SSSR count). The van der Waals surface area contributed by atoms with E-state index in [-0.39, 0.29) is 6.17 Å². The Morgan fingerprint density at radius 1 is 1.50 bits per heavy atom. The molecule has 2 heterocycles. The minimum absolute atomic E-state index is 0.0284. The molecule has 0 spiro atoms. The number of carbonyl (C=O) groups excluding carboxylic acids is 1. The predicted molar refractivity (Wildman–Crippen MR) is 46.2 cm³/mol. The van der Waals surface area contributed by atoms with E-state index in [0.717, 1.165) is 25.2 Å². The molecule has 3 fully saturated rings. The molecule has 68 valence electrons. The second-order valence-corrected chi connectivity index (χ2v) is 4.63. The van der Waals surface area contributed by atoms with Gasteiger partial charge in [0.1, 0.15) is 0 Å². The van der Waals surface area contributed by atoms with E-state index in [1.165, 1.54) is 0 Å². The molecule has 2 saturated heterocycles. The molecule has 3 heteroatoms. The molecule has 2 aliphatic heterocycles. The van der Waals surface area contributed by atoms with Crippen LogP contribution < -0.4 is 5.73 Å². The van der Waals surface area contributed by atoms with Crippen molar-refractivity contribution in [2.24, 2.45) is 17.1 Å². The maximum absolute atomic E-state index is 10.7. The maximum atomic E-state index is 10.7. The summed E-state index contributed by atoms with van der Waals surface area (Å²) in [5, 5.41) is 0. The van der Waals surface area contributed by atoms with E-state index in [0.29, 0.717) is 11.5 Å². The molecule has 0 aromatic heterocycles. The summed E-state index contributed by atoms with van der Waals surface area (Å²) in [7, 11) is 0. The van der Waals surface area contributed by atoms with Gasteiger partial charge in [-0.15, -0.1) is 0 Å². The van der Waals surface area contributed by atoms with E-state index in [1.54, 1.807) is 4.90 Å². The first-order valence-corrected chi connectivity index (χ1v) is 4.55. The van der Waals surface area contributed by atoms with Gasteiger partial charge >= 0.3 is 0 Å². The summed E-state index contributed by atoms with van der Waals surface area (Å²) in [6.07, 6.45) is 3.01. The highest BCUT2D eigenvalue weighted by atomic mass is 16.1. The van der Waals surface area contributed by atoms with Crippen LogP contribution in [0, 0.1) is 11.3 Å². The number of fused-ring (bicyclic) bond motifs is 2. The van der Waals surface area contributed by atoms with Crippen LogP contribution in [0.3, 0.4) is 0 Å². The van der Waals surface area contributed by atoms with E-state index in [2.05, 4.69) is 13.8 Å². The summed E-state index contributed by atoms with van der Waals surface area (Å²) in [6, 6.07) is 0.392. The van der Waals surface area contributed by atoms with Crippen LogP contribution in [-0.4, -0.2) is 23.5 Å². The Balaban J connectivity index is 2.20. The molecular formula is C9H16N2O. The van der Waals surface area contributed by atoms with E-state index in [9.17, 15) is 4.79 Å². The first-order chi connectivity index (χ1) is 5.57. The standard InChI is InChI=1S/C9H16N2O/c1-9(2)6-3-7(9)11(5-12)8(10)4-6/h5-8H,3-4,10H2,1-2H3/t6?,7?,8-/m1/s1. The first kappa shape index (κ1) is 8.05. The molecule has 3 aliphatic rings. The smallest absolute Gasteiger partial charge is 0.211 e. The molecule has 3 atom stereocenters. The number of nitrogens with two attached hydrogens (primary N) is 1. The number of carbonyl (C=O) groups is 1. The van der Waals surface area contributed by atoms with E-state index < -0.39 is 0 Å². The normalized spacial score (nSPS) is 43.6. The van der Waals surface area contributed by atoms with Crippen molar-refractivity contribution in [2.75, 3.05) is 0 Å². The minimum atomic E-state index is -0.0284. The molecule has 1 saturated carbocycles. The van der Waals surface area contributed by atoms with E-state index >= 15 is 0 Å². The van der Waals surface area contributed by atoms with Crippen molar-refractivity contribution in [2.45, 2.75) is 38.9 Å². The van der Waals surface area contributed by atoms with Gasteiger partial charge in [0, 0.05) is 6.04 Å². The second kappa shape index (κ2) is 2.22. The molecule has 2 bridgehead atoms. The Morgan fingerprint density at radius 2 is 2.17 bits per heavy atom. The lowest BCUT2D eigenvalue weighted by Gasteiger charge is -2.62. The zero-order valence-corrected chi connectivity index (χ0v) is 7.66. The van der Waals surface area contributed by atoms with Gasteiger partial charge < -0.3 is 10.6 Å². The fourth-order valence-corrected chi connectivity index (χ4v) is 2.69. The minimum Gasteiger partial charge on any atom is -0.326 e. The molecule has 2 unspecified atom stereocenters. The number of rotatable bonds is 1. The van der Waals surface area contributed by atoms with Gasteiger partial charge in [0.15, 0.2) is 0 Å². The third-order valence-electron chi connectivity index (χ3n) is 3.81. The van der Waals surface area contributed by atoms with Gasteiger partial charge in [-0.25, -0.2) is 0 Å². The van der Waals surface area contributed by atoms with Crippen LogP contribution >= 0.6 is 0 Å². The van der Waals surface area contributed by atoms with Gasteiger partial charge in [-0.2, -0.15) is 0 Å². The van der Waals surface area contributed by atoms with Crippen LogP contribution in [0.1, 0.15) is 26.7 Å². The third-order valence-corrected chi connectivity index (χ3v) is 3.81. The van der Waals surface area contributed by atoms with Crippen molar-refractivity contribution < 1.29 is 4.79 Å². The molecular weight excluding hydrogens is 152 g/mol. The Hall–Kier alpha value is -0.570. The summed E-state index contributed by atoms with van der Waals surface area (Å²) < 4.78 is 0. The van der Waals surface area contributed by atoms with Crippen molar-refractivity contribution >= 4 is 6.41 Å². The number of hydrogen-bond donors (Lipinski definition) is 1. The maximum Gasteiger partial charge on any atom is 0.211 e. The van der Waals surface area contributed by atoms with Gasteiger partial charge in [-0.3, -0.25) is 4.79 Å². The first-order valence-electron chi connectivity index (χ1n) is 4.55. The molecule has 1 amide bonds. The van der Waals surface area contributed by atoms with Gasteiger partial charge in [0.2, 0.25) is 6.41 Å². The van der Waals surface area contributed by atoms with Crippen molar-refractivity contribution in [1.82, 2.24) is 4.90 Å². The third kappa shape index (κ3) is 0.774. The van der Waals surface area contributed by atoms with Gasteiger partial charge in [0.25, 0.3) is 0 Å². The molecule has 0 aromatic carbocycles. The van der Waals surface area contributed by atoms with Crippen LogP contribution in [0.4, 0.5) is 0 Å². The van der Waals surface area contributed by atoms with Crippen LogP contribution in [0.25, 0.3) is 0 Å². The topological polar surface area (TPSA) is 46.3 Å². The van der Waals surface area contributed by atoms with E-state index in [4.69, 9.17) is 5.73 Å². The highest BCUT2D eigenvalue weighted by Crippen LogP contribution is 2.54. The Morgan fingerprint density at radius 3 is 2.58 bits per heavy atom. The Bertz CT molecular complexity index is 215. The molecule has 0 radical (unpaired) electrons. The summed E-state index contributed by atoms with van der Waals surface area (Å²) in [5.74, 6) is 0.730. The monoisotopic (exact) mass is 168 g/mol. The number of hydrogen-bond acceptors (Lipinski definition) is 2. The highest BCUT2D eigenvalue weighted by molar-refractivity contribution is 5.50. The lowest BCUT2D eigenvalue weighted by molar-refractivity contribution is -0.158. The van der Waals surface area contributed by atoms with Crippen molar-refractivity contribution in [3.63, 3.8) is 0 Å². The molecule has 1 aliphatic carbocycles. The molecule has 3 nitrogen and oxygen atoms in total. The van der Waals surface area contributed by atoms with E-state index in [1.807, 2.05) is 0 Å². The highest BCUT2D eigenvalue weighted by Gasteiger charge is 2.55. The van der Waals surface area contributed by atoms with Gasteiger partial charge in [0.05, 0.1) is 6.17 Å². The number of nitrogens with zero attached hydrogens (tertiary/aromatic N) is 1. The Labute approximate surface area is 72.9 Å². The Kier molecular flexibility index (Phi) is 1.49. The number of piperidine rings is 2. The summed E-state index contributed by atoms with van der Waals surface area (Å²) >= 11 is 0. The molecule has 12 heavy (non-hydrogen) atoms. The quantitative estimate of drug-likeness (QED) is 0.581. The SMILES string of the molecule is CC1(C)C2CC1N(C=O)[C@@H](N)C2. The van der Waals surface area contributed by atoms with Crippen molar-refractivity contribution in [3.05, 3.63) is 0 Å². The van der Waals surface area contributed by atoms with Crippen LogP contribution in [-0.2, 0) is 4.79 Å². The van der Waals surface area contributed by atoms with Crippen LogP contribution in [0.5, 0.6) is 0 Å². The van der Waals surface area contributed by atoms with Gasteiger partial charge in [-0.05, 0) is 24.2 Å². The lowest BCUT2D eigenvalue weighted by Crippen LogP contribution is -2.68. The summed E-state index contributed by atoms with van der Waals surface area (Å²) in [5.41, 5.74) is 6.13. The summed E-state index contributed by atoms with van der Waals surface area (Å²) in [6.45, 7) is 4.46. The van der Waals surface area contributed by atoms with Crippen molar-refractivity contribution in [1.29, 1.82) is 0 Å². The second-order valence-electron chi connectivity index (χ2n) is 4.63. The fourth-order valence-electron chi connectivity index (χ4n) is 2.69.